The highest BCUT2D eigenvalue weighted by Gasteiger charge is 2.29. The number of aryl methyl sites for hydroxylation is 1. The van der Waals surface area contributed by atoms with E-state index in [0.717, 1.165) is 5.69 Å². The number of aromatic amines is 1. The van der Waals surface area contributed by atoms with Crippen molar-refractivity contribution in [2.75, 3.05) is 10.6 Å². The third kappa shape index (κ3) is 3.20. The second kappa shape index (κ2) is 5.91. The largest absolute Gasteiger partial charge is 0.340 e. The van der Waals surface area contributed by atoms with E-state index in [2.05, 4.69) is 26.1 Å². The number of aromatic nitrogens is 2. The molecule has 4 N–H and O–H groups in total. The molecule has 0 unspecified atom stereocenters. The summed E-state index contributed by atoms with van der Waals surface area (Å²) in [7, 11) is 0. The minimum absolute atomic E-state index is 0.183. The molecule has 2 aromatic rings. The quantitative estimate of drug-likeness (QED) is 0.670. The summed E-state index contributed by atoms with van der Waals surface area (Å²) in [4.78, 5) is 36.4. The fourth-order valence-corrected chi connectivity index (χ4v) is 2.32. The summed E-state index contributed by atoms with van der Waals surface area (Å²) < 4.78 is 0. The van der Waals surface area contributed by atoms with Crippen molar-refractivity contribution in [3.05, 3.63) is 41.6 Å². The smallest absolute Gasteiger partial charge is 0.254 e. The molecular weight excluding hydrogens is 298 g/mol. The number of amides is 3. The molecule has 3 amide bonds. The first kappa shape index (κ1) is 14.8. The lowest BCUT2D eigenvalue weighted by atomic mass is 10.1. The summed E-state index contributed by atoms with van der Waals surface area (Å²) in [6, 6.07) is 7.40. The van der Waals surface area contributed by atoms with Crippen LogP contribution in [0.3, 0.4) is 0 Å². The van der Waals surface area contributed by atoms with Gasteiger partial charge in [-0.25, -0.2) is 0 Å². The summed E-state index contributed by atoms with van der Waals surface area (Å²) in [5, 5.41) is 14.4. The lowest BCUT2D eigenvalue weighted by Gasteiger charge is -2.13. The predicted octanol–water partition coefficient (Wildman–Crippen LogP) is 0.797. The van der Waals surface area contributed by atoms with Crippen LogP contribution >= 0.6 is 0 Å². The summed E-state index contributed by atoms with van der Waals surface area (Å²) in [6.45, 7) is 1.80. The zero-order valence-electron chi connectivity index (χ0n) is 12.3. The molecule has 8 nitrogen and oxygen atoms in total. The normalized spacial score (nSPS) is 16.8. The Labute approximate surface area is 131 Å². The predicted molar refractivity (Wildman–Crippen MR) is 82.9 cm³/mol. The average molecular weight is 313 g/mol. The second-order valence-electron chi connectivity index (χ2n) is 5.25. The monoisotopic (exact) mass is 313 g/mol. The molecule has 2 heterocycles. The first-order valence-electron chi connectivity index (χ1n) is 7.05. The molecule has 23 heavy (non-hydrogen) atoms. The summed E-state index contributed by atoms with van der Waals surface area (Å²) in [5.74, 6) is -0.872. The number of nitrogens with zero attached hydrogens (tertiary/aromatic N) is 1. The van der Waals surface area contributed by atoms with Crippen LogP contribution in [0.4, 0.5) is 11.5 Å². The van der Waals surface area contributed by atoms with Gasteiger partial charge >= 0.3 is 0 Å². The molecule has 8 heteroatoms. The third-order valence-corrected chi connectivity index (χ3v) is 3.41. The molecule has 0 aliphatic carbocycles. The molecule has 1 aromatic carbocycles. The van der Waals surface area contributed by atoms with Gasteiger partial charge in [0.25, 0.3) is 5.91 Å². The highest BCUT2D eigenvalue weighted by molar-refractivity contribution is 6.11. The van der Waals surface area contributed by atoms with Crippen molar-refractivity contribution in [1.29, 1.82) is 0 Å². The number of H-pyrrole nitrogens is 1. The number of para-hydroxylation sites is 1. The van der Waals surface area contributed by atoms with E-state index in [-0.39, 0.29) is 6.42 Å². The van der Waals surface area contributed by atoms with Crippen LogP contribution in [0.2, 0.25) is 0 Å². The Balaban J connectivity index is 1.70. The number of hydrogen-bond donors (Lipinski definition) is 4. The van der Waals surface area contributed by atoms with E-state index in [0.29, 0.717) is 17.1 Å². The molecule has 0 radical (unpaired) electrons. The van der Waals surface area contributed by atoms with Crippen molar-refractivity contribution >= 4 is 29.2 Å². The van der Waals surface area contributed by atoms with E-state index >= 15 is 0 Å². The number of hydrogen-bond acceptors (Lipinski definition) is 4. The van der Waals surface area contributed by atoms with Gasteiger partial charge in [-0.05, 0) is 19.1 Å². The van der Waals surface area contributed by atoms with Gasteiger partial charge in [0, 0.05) is 11.8 Å². The zero-order chi connectivity index (χ0) is 16.4. The van der Waals surface area contributed by atoms with Gasteiger partial charge in [-0.15, -0.1) is 0 Å². The molecule has 0 saturated carbocycles. The Hall–Kier alpha value is -3.16. The highest BCUT2D eigenvalue weighted by Crippen LogP contribution is 2.19. The molecular formula is C15H15N5O3. The Morgan fingerprint density at radius 3 is 2.83 bits per heavy atom. The van der Waals surface area contributed by atoms with Crippen LogP contribution in [0, 0.1) is 6.92 Å². The van der Waals surface area contributed by atoms with Crippen LogP contribution in [0.15, 0.2) is 30.3 Å². The highest BCUT2D eigenvalue weighted by atomic mass is 16.2. The van der Waals surface area contributed by atoms with Gasteiger partial charge in [0.2, 0.25) is 11.8 Å². The topological polar surface area (TPSA) is 116 Å². The number of fused-ring (bicyclic) bond motifs is 1. The van der Waals surface area contributed by atoms with E-state index in [1.54, 1.807) is 37.3 Å². The average Bonchev–Trinajstić information content (AvgIpc) is 2.86. The molecule has 1 aliphatic heterocycles. The van der Waals surface area contributed by atoms with E-state index in [1.807, 2.05) is 0 Å². The molecule has 0 bridgehead atoms. The van der Waals surface area contributed by atoms with Gasteiger partial charge in [-0.2, -0.15) is 5.10 Å². The fraction of sp³-hybridized carbons (Fsp3) is 0.200. The van der Waals surface area contributed by atoms with Crippen LogP contribution in [-0.4, -0.2) is 34.0 Å². The first-order valence-corrected chi connectivity index (χ1v) is 7.05. The molecule has 118 valence electrons. The van der Waals surface area contributed by atoms with E-state index in [9.17, 15) is 14.4 Å². The number of carbonyl (C=O) groups excluding carboxylic acids is 3. The second-order valence-corrected chi connectivity index (χ2v) is 5.25. The Bertz CT molecular complexity index is 783. The molecule has 0 fully saturated rings. The minimum Gasteiger partial charge on any atom is -0.340 e. The standard InChI is InChI=1S/C15H15N5O3/c1-8-6-12(20-19-8)18-13(21)7-11-15(23)16-10-5-3-2-4-9(10)14(22)17-11/h2-6,11H,7H2,1H3,(H,16,23)(H,17,22)(H2,18,19,20,21)/t11-/m0/s1. The molecule has 1 atom stereocenters. The maximum atomic E-state index is 12.2. The van der Waals surface area contributed by atoms with Crippen LogP contribution in [0.5, 0.6) is 0 Å². The minimum atomic E-state index is -0.949. The van der Waals surface area contributed by atoms with Crippen molar-refractivity contribution in [3.8, 4) is 0 Å². The van der Waals surface area contributed by atoms with Gasteiger partial charge in [-0.3, -0.25) is 19.5 Å². The maximum Gasteiger partial charge on any atom is 0.254 e. The van der Waals surface area contributed by atoms with Gasteiger partial charge in [-0.1, -0.05) is 12.1 Å². The fourth-order valence-electron chi connectivity index (χ4n) is 2.32. The van der Waals surface area contributed by atoms with E-state index in [1.165, 1.54) is 0 Å². The number of carbonyl (C=O) groups is 3. The molecule has 1 aliphatic rings. The van der Waals surface area contributed by atoms with Gasteiger partial charge in [0.15, 0.2) is 5.82 Å². The van der Waals surface area contributed by atoms with E-state index in [4.69, 9.17) is 0 Å². The Morgan fingerprint density at radius 2 is 2.09 bits per heavy atom. The van der Waals surface area contributed by atoms with Gasteiger partial charge in [0.1, 0.15) is 6.04 Å². The first-order chi connectivity index (χ1) is 11.0. The van der Waals surface area contributed by atoms with Crippen LogP contribution < -0.4 is 16.0 Å². The summed E-state index contributed by atoms with van der Waals surface area (Å²) >= 11 is 0. The van der Waals surface area contributed by atoms with Crippen LogP contribution in [0.25, 0.3) is 0 Å². The number of rotatable bonds is 3. The van der Waals surface area contributed by atoms with Crippen molar-refractivity contribution in [2.24, 2.45) is 0 Å². The zero-order valence-corrected chi connectivity index (χ0v) is 12.3. The lowest BCUT2D eigenvalue weighted by Crippen LogP contribution is -2.43. The van der Waals surface area contributed by atoms with Crippen molar-refractivity contribution < 1.29 is 14.4 Å². The molecule has 0 spiro atoms. The third-order valence-electron chi connectivity index (χ3n) is 3.41. The van der Waals surface area contributed by atoms with Crippen molar-refractivity contribution in [3.63, 3.8) is 0 Å². The number of nitrogens with one attached hydrogen (secondary N) is 4. The number of benzene rings is 1. The van der Waals surface area contributed by atoms with Crippen LogP contribution in [0.1, 0.15) is 22.5 Å². The van der Waals surface area contributed by atoms with E-state index < -0.39 is 23.8 Å². The molecule has 3 rings (SSSR count). The van der Waals surface area contributed by atoms with Crippen molar-refractivity contribution in [2.45, 2.75) is 19.4 Å². The SMILES string of the molecule is Cc1cc(NC(=O)C[C@@H]2NC(=O)c3ccccc3NC2=O)n[nH]1. The summed E-state index contributed by atoms with van der Waals surface area (Å²) in [6.07, 6.45) is -0.183. The molecule has 0 saturated heterocycles. The Kier molecular flexibility index (Phi) is 3.80. The Morgan fingerprint density at radius 1 is 1.30 bits per heavy atom. The van der Waals surface area contributed by atoms with Gasteiger partial charge in [0.05, 0.1) is 17.7 Å². The molecule has 1 aromatic heterocycles. The maximum absolute atomic E-state index is 12.2. The van der Waals surface area contributed by atoms with Gasteiger partial charge < -0.3 is 16.0 Å². The summed E-state index contributed by atoms with van der Waals surface area (Å²) in [5.41, 5.74) is 1.60. The van der Waals surface area contributed by atoms with Crippen LogP contribution in [-0.2, 0) is 9.59 Å². The van der Waals surface area contributed by atoms with Crippen molar-refractivity contribution in [1.82, 2.24) is 15.5 Å². The number of anilines is 2. The lowest BCUT2D eigenvalue weighted by molar-refractivity contribution is -0.122.